The number of hydrogen-bond acceptors (Lipinski definition) is 13. The van der Waals surface area contributed by atoms with Crippen LogP contribution < -0.4 is 18.9 Å². The van der Waals surface area contributed by atoms with Gasteiger partial charge in [0.2, 0.25) is 0 Å². The number of aromatic carboxylic acids is 1. The topological polar surface area (TPSA) is 224 Å². The summed E-state index contributed by atoms with van der Waals surface area (Å²) in [5, 5.41) is 9.15. The molecule has 0 atom stereocenters. The molecule has 0 unspecified atom stereocenters. The summed E-state index contributed by atoms with van der Waals surface area (Å²) in [5.74, 6) is -1.53. The first-order chi connectivity index (χ1) is 19.7. The number of esters is 1. The summed E-state index contributed by atoms with van der Waals surface area (Å²) in [5.41, 5.74) is 3.52. The maximum Gasteiger partial charge on any atom is 1.00 e. The van der Waals surface area contributed by atoms with Gasteiger partial charge in [-0.15, -0.1) is 0 Å². The van der Waals surface area contributed by atoms with Crippen molar-refractivity contribution in [3.05, 3.63) is 54.5 Å². The van der Waals surface area contributed by atoms with Crippen LogP contribution in [0.2, 0.25) is 5.15 Å². The quantitative estimate of drug-likeness (QED) is 0.115. The van der Waals surface area contributed by atoms with Crippen LogP contribution in [0.5, 0.6) is 0 Å². The molecule has 228 valence electrons. The monoisotopic (exact) mass is 620 g/mol. The molecule has 6 aromatic heterocycles. The molecule has 6 aromatic rings. The van der Waals surface area contributed by atoms with E-state index in [1.807, 2.05) is 21.0 Å². The second-order valence-electron chi connectivity index (χ2n) is 8.49. The van der Waals surface area contributed by atoms with Crippen LogP contribution in [0, 0.1) is 0 Å². The normalized spacial score (nSPS) is 9.93. The molecule has 6 rings (SSSR count). The van der Waals surface area contributed by atoms with E-state index in [1.54, 1.807) is 33.4 Å². The molecule has 0 aliphatic heterocycles. The Balaban J connectivity index is 0.000000326. The number of carboxylic acid groups (broad SMARTS) is 1. The van der Waals surface area contributed by atoms with Gasteiger partial charge in [0.15, 0.2) is 33.5 Å². The first kappa shape index (κ1) is 37.5. The minimum Gasteiger partial charge on any atom is -0.870 e. The van der Waals surface area contributed by atoms with Crippen molar-refractivity contribution in [2.75, 3.05) is 6.61 Å². The largest absolute Gasteiger partial charge is 1.00 e. The van der Waals surface area contributed by atoms with Gasteiger partial charge in [-0.1, -0.05) is 32.4 Å². The van der Waals surface area contributed by atoms with Crippen molar-refractivity contribution in [1.29, 1.82) is 0 Å². The van der Waals surface area contributed by atoms with E-state index in [-0.39, 0.29) is 43.2 Å². The number of carbonyl (C=O) groups is 2. The maximum atomic E-state index is 11.8. The van der Waals surface area contributed by atoms with Crippen molar-refractivity contribution in [2.24, 2.45) is 21.1 Å². The number of carboxylic acids is 1. The first-order valence-corrected chi connectivity index (χ1v) is 12.5. The molecule has 0 aromatic carbocycles. The van der Waals surface area contributed by atoms with E-state index in [4.69, 9.17) is 21.4 Å². The second-order valence-corrected chi connectivity index (χ2v) is 8.84. The average Bonchev–Trinajstić information content (AvgIpc) is 3.67. The summed E-state index contributed by atoms with van der Waals surface area (Å²) >= 11 is 5.74. The molecule has 0 bridgehead atoms. The number of ether oxygens (including phenoxy) is 1. The molecule has 0 aliphatic rings. The molecule has 0 spiro atoms. The molecule has 0 aliphatic carbocycles. The van der Waals surface area contributed by atoms with Crippen LogP contribution in [0.15, 0.2) is 38.0 Å². The SMILES string of the molecule is C.CCCCOC(=O)c1ncnc2c1ncn2C.Cn1cnc2c(C(=O)O)ncnc21.Cn1cnc2c(Cl)ncnc21.[Li+].[OH-]. The Morgan fingerprint density at radius 3 is 1.66 bits per heavy atom. The van der Waals surface area contributed by atoms with Gasteiger partial charge in [0.05, 0.1) is 25.6 Å². The minimum absolute atomic E-state index is 0. The van der Waals surface area contributed by atoms with Crippen LogP contribution in [0.25, 0.3) is 33.5 Å². The van der Waals surface area contributed by atoms with Gasteiger partial charge in [-0.25, -0.2) is 54.4 Å². The summed E-state index contributed by atoms with van der Waals surface area (Å²) in [6.07, 6.45) is 10.6. The van der Waals surface area contributed by atoms with Crippen molar-refractivity contribution in [3.63, 3.8) is 0 Å². The smallest absolute Gasteiger partial charge is 0.870 e. The number of carbonyl (C=O) groups excluding carboxylic acids is 1. The molecule has 0 fully saturated rings. The fourth-order valence-electron chi connectivity index (χ4n) is 3.49. The third-order valence-corrected chi connectivity index (χ3v) is 5.85. The molecular formula is C25H30ClLiN12O5. The Kier molecular flexibility index (Phi) is 14.4. The minimum atomic E-state index is -1.09. The number of hydrogen-bond donors (Lipinski definition) is 1. The summed E-state index contributed by atoms with van der Waals surface area (Å²) in [7, 11) is 5.42. The van der Waals surface area contributed by atoms with Gasteiger partial charge in [0, 0.05) is 21.1 Å². The molecule has 6 heterocycles. The van der Waals surface area contributed by atoms with Gasteiger partial charge >= 0.3 is 30.8 Å². The third-order valence-electron chi connectivity index (χ3n) is 5.57. The van der Waals surface area contributed by atoms with Gasteiger partial charge in [0.1, 0.15) is 35.5 Å². The fourth-order valence-corrected chi connectivity index (χ4v) is 3.67. The summed E-state index contributed by atoms with van der Waals surface area (Å²) < 4.78 is 10.3. The van der Waals surface area contributed by atoms with E-state index in [1.165, 1.54) is 25.3 Å². The molecule has 0 saturated heterocycles. The predicted octanol–water partition coefficient (Wildman–Crippen LogP) is -0.138. The Morgan fingerprint density at radius 1 is 0.750 bits per heavy atom. The summed E-state index contributed by atoms with van der Waals surface area (Å²) in [6, 6.07) is 0. The molecule has 2 N–H and O–H groups in total. The van der Waals surface area contributed by atoms with E-state index in [0.29, 0.717) is 39.6 Å². The van der Waals surface area contributed by atoms with E-state index in [2.05, 4.69) is 44.9 Å². The maximum absolute atomic E-state index is 11.8. The van der Waals surface area contributed by atoms with Crippen molar-refractivity contribution >= 4 is 57.0 Å². The number of imidazole rings is 3. The van der Waals surface area contributed by atoms with Crippen LogP contribution in [-0.4, -0.2) is 87.7 Å². The molecule has 0 radical (unpaired) electrons. The Labute approximate surface area is 268 Å². The number of aryl methyl sites for hydroxylation is 3. The zero-order valence-corrected chi connectivity index (χ0v) is 24.7. The van der Waals surface area contributed by atoms with Crippen LogP contribution in [0.4, 0.5) is 0 Å². The number of aromatic nitrogens is 12. The molecular weight excluding hydrogens is 591 g/mol. The molecule has 19 heteroatoms. The third kappa shape index (κ3) is 8.29. The molecule has 0 saturated carbocycles. The van der Waals surface area contributed by atoms with Gasteiger partial charge in [-0.2, -0.15) is 0 Å². The Hall–Kier alpha value is -4.56. The number of unbranched alkanes of at least 4 members (excludes halogenated alkanes) is 1. The van der Waals surface area contributed by atoms with Gasteiger partial charge < -0.3 is 29.0 Å². The first-order valence-electron chi connectivity index (χ1n) is 12.1. The molecule has 44 heavy (non-hydrogen) atoms. The molecule has 0 amide bonds. The number of fused-ring (bicyclic) bond motifs is 3. The standard InChI is InChI=1S/C11H14N4O2.C7H6N4O2.C6H5ClN4.CH4.Li.H2O/c1-3-4-5-17-11(16)9-8-10(13-6-12-9)15(2)7-14-8;1-11-3-10-4-5(7(12)13)8-2-9-6(4)11;1-11-3-10-4-5(7)8-2-9-6(4)11;;;/h6-7H,3-5H2,1-2H3;2-3H,1H3,(H,12,13);2-3H,1H3;1H4;;1H2/q;;;;+1;/p-1. The fraction of sp³-hybridized carbons (Fsp3) is 0.320. The van der Waals surface area contributed by atoms with E-state index in [0.717, 1.165) is 18.5 Å². The van der Waals surface area contributed by atoms with Gasteiger partial charge in [-0.3, -0.25) is 0 Å². The molecule has 17 nitrogen and oxygen atoms in total. The van der Waals surface area contributed by atoms with Crippen LogP contribution in [0.3, 0.4) is 0 Å². The number of rotatable bonds is 5. The Bertz CT molecular complexity index is 1840. The van der Waals surface area contributed by atoms with Gasteiger partial charge in [0.25, 0.3) is 0 Å². The van der Waals surface area contributed by atoms with E-state index in [9.17, 15) is 9.59 Å². The zero-order valence-electron chi connectivity index (χ0n) is 23.9. The summed E-state index contributed by atoms with van der Waals surface area (Å²) in [4.78, 5) is 57.8. The van der Waals surface area contributed by atoms with Crippen molar-refractivity contribution in [1.82, 2.24) is 58.6 Å². The van der Waals surface area contributed by atoms with Crippen molar-refractivity contribution in [3.8, 4) is 0 Å². The van der Waals surface area contributed by atoms with Crippen molar-refractivity contribution in [2.45, 2.75) is 27.2 Å². The number of halogens is 1. The average molecular weight is 621 g/mol. The van der Waals surface area contributed by atoms with Crippen LogP contribution in [-0.2, 0) is 25.9 Å². The van der Waals surface area contributed by atoms with E-state index < -0.39 is 11.9 Å². The predicted molar refractivity (Wildman–Crippen MR) is 155 cm³/mol. The zero-order chi connectivity index (χ0) is 29.5. The van der Waals surface area contributed by atoms with Crippen LogP contribution in [0.1, 0.15) is 48.2 Å². The summed E-state index contributed by atoms with van der Waals surface area (Å²) in [6.45, 7) is 2.45. The van der Waals surface area contributed by atoms with Crippen molar-refractivity contribution < 1.29 is 43.8 Å². The number of nitrogens with zero attached hydrogens (tertiary/aromatic N) is 12. The van der Waals surface area contributed by atoms with E-state index >= 15 is 0 Å². The van der Waals surface area contributed by atoms with Gasteiger partial charge in [-0.05, 0) is 6.42 Å². The second kappa shape index (κ2) is 16.9. The van der Waals surface area contributed by atoms with Crippen LogP contribution >= 0.6 is 11.6 Å². The Morgan fingerprint density at radius 2 is 1.18 bits per heavy atom.